The number of aromatic nitrogens is 3. The Morgan fingerprint density at radius 1 is 1.29 bits per heavy atom. The molecular weight excluding hydrogens is 302 g/mol. The summed E-state index contributed by atoms with van der Waals surface area (Å²) in [5, 5.41) is 7.56. The van der Waals surface area contributed by atoms with Crippen molar-refractivity contribution < 1.29 is 0 Å². The van der Waals surface area contributed by atoms with Gasteiger partial charge < -0.3 is 11.1 Å². The molecule has 3 heterocycles. The number of hydrogen-bond acceptors (Lipinski definition) is 7. The van der Waals surface area contributed by atoms with Crippen LogP contribution in [0.15, 0.2) is 36.1 Å². The zero-order valence-corrected chi connectivity index (χ0v) is 13.1. The van der Waals surface area contributed by atoms with Crippen molar-refractivity contribution in [1.82, 2.24) is 14.3 Å². The van der Waals surface area contributed by atoms with Gasteiger partial charge in [0.2, 0.25) is 0 Å². The first-order valence-corrected chi connectivity index (χ1v) is 8.20. The molecule has 3 N–H and O–H groups in total. The minimum atomic E-state index is 0.346. The minimum absolute atomic E-state index is 0.346. The number of nitrogens with zero attached hydrogens (tertiary/aromatic N) is 3. The van der Waals surface area contributed by atoms with Crippen molar-refractivity contribution in [2.24, 2.45) is 0 Å². The van der Waals surface area contributed by atoms with Gasteiger partial charge in [-0.05, 0) is 29.2 Å². The zero-order valence-electron chi connectivity index (χ0n) is 11.5. The van der Waals surface area contributed by atoms with Crippen LogP contribution in [0.4, 0.5) is 10.8 Å². The first-order chi connectivity index (χ1) is 10.3. The molecule has 0 aromatic carbocycles. The second kappa shape index (κ2) is 6.19. The Morgan fingerprint density at radius 3 is 2.81 bits per heavy atom. The molecule has 0 amide bonds. The normalized spacial score (nSPS) is 12.2. The third kappa shape index (κ3) is 3.03. The van der Waals surface area contributed by atoms with Gasteiger partial charge in [-0.2, -0.15) is 4.37 Å². The molecule has 5 nitrogen and oxygen atoms in total. The maximum atomic E-state index is 6.00. The smallest absolute Gasteiger partial charge is 0.147 e. The summed E-state index contributed by atoms with van der Waals surface area (Å²) in [5.74, 6) is 0.897. The fourth-order valence-electron chi connectivity index (χ4n) is 2.03. The standard InChI is InChI=1S/C14H15N5S2/c1-9(13-17-6-7-20-13)8-18-14-11(12(15)19-21-14)10-2-4-16-5-3-10/h2-7,9,18H,8H2,1H3,(H2,15,19). The summed E-state index contributed by atoms with van der Waals surface area (Å²) in [5.41, 5.74) is 7.98. The number of pyridine rings is 1. The molecule has 0 fully saturated rings. The van der Waals surface area contributed by atoms with E-state index in [2.05, 4.69) is 26.6 Å². The van der Waals surface area contributed by atoms with E-state index in [0.717, 1.165) is 27.7 Å². The molecule has 0 saturated carbocycles. The summed E-state index contributed by atoms with van der Waals surface area (Å²) in [6, 6.07) is 3.88. The van der Waals surface area contributed by atoms with E-state index < -0.39 is 0 Å². The Kier molecular flexibility index (Phi) is 4.12. The molecule has 0 spiro atoms. The van der Waals surface area contributed by atoms with Gasteiger partial charge in [0.15, 0.2) is 0 Å². The summed E-state index contributed by atoms with van der Waals surface area (Å²) in [4.78, 5) is 8.39. The van der Waals surface area contributed by atoms with E-state index >= 15 is 0 Å². The summed E-state index contributed by atoms with van der Waals surface area (Å²) in [7, 11) is 0. The second-order valence-corrected chi connectivity index (χ2v) is 6.36. The first-order valence-electron chi connectivity index (χ1n) is 6.54. The third-order valence-corrected chi connectivity index (χ3v) is 4.96. The van der Waals surface area contributed by atoms with Gasteiger partial charge in [0, 0.05) is 36.4 Å². The van der Waals surface area contributed by atoms with E-state index in [-0.39, 0.29) is 0 Å². The molecule has 1 atom stereocenters. The Labute approximate surface area is 131 Å². The summed E-state index contributed by atoms with van der Waals surface area (Å²) < 4.78 is 4.26. The van der Waals surface area contributed by atoms with Crippen molar-refractivity contribution >= 4 is 33.7 Å². The Bertz CT molecular complexity index is 693. The number of hydrogen-bond donors (Lipinski definition) is 2. The lowest BCUT2D eigenvalue weighted by atomic mass is 10.1. The fourth-order valence-corrected chi connectivity index (χ4v) is 3.47. The molecule has 3 aromatic rings. The van der Waals surface area contributed by atoms with Gasteiger partial charge in [0.25, 0.3) is 0 Å². The van der Waals surface area contributed by atoms with Crippen molar-refractivity contribution in [3.05, 3.63) is 41.1 Å². The van der Waals surface area contributed by atoms with Gasteiger partial charge in [-0.3, -0.25) is 4.98 Å². The molecule has 0 bridgehead atoms. The van der Waals surface area contributed by atoms with Crippen LogP contribution in [-0.2, 0) is 0 Å². The number of nitrogens with two attached hydrogens (primary N) is 1. The minimum Gasteiger partial charge on any atom is -0.382 e. The highest BCUT2D eigenvalue weighted by molar-refractivity contribution is 7.11. The lowest BCUT2D eigenvalue weighted by molar-refractivity contribution is 0.797. The van der Waals surface area contributed by atoms with Gasteiger partial charge in [0.05, 0.1) is 10.6 Å². The van der Waals surface area contributed by atoms with E-state index in [1.807, 2.05) is 23.7 Å². The first kappa shape index (κ1) is 14.0. The molecule has 3 rings (SSSR count). The Balaban J connectivity index is 1.78. The van der Waals surface area contributed by atoms with Gasteiger partial charge in [-0.25, -0.2) is 4.98 Å². The molecule has 21 heavy (non-hydrogen) atoms. The lowest BCUT2D eigenvalue weighted by Gasteiger charge is -2.11. The Hall–Kier alpha value is -1.99. The molecule has 0 saturated heterocycles. The van der Waals surface area contributed by atoms with Gasteiger partial charge in [0.1, 0.15) is 10.8 Å². The highest BCUT2D eigenvalue weighted by atomic mass is 32.1. The molecule has 7 heteroatoms. The quantitative estimate of drug-likeness (QED) is 0.753. The zero-order chi connectivity index (χ0) is 14.7. The predicted molar refractivity (Wildman–Crippen MR) is 88.8 cm³/mol. The fraction of sp³-hybridized carbons (Fsp3) is 0.214. The van der Waals surface area contributed by atoms with E-state index in [1.165, 1.54) is 11.5 Å². The highest BCUT2D eigenvalue weighted by Gasteiger charge is 2.15. The van der Waals surface area contributed by atoms with Crippen LogP contribution in [0.25, 0.3) is 11.1 Å². The number of thiazole rings is 1. The molecule has 3 aromatic heterocycles. The number of rotatable bonds is 5. The van der Waals surface area contributed by atoms with Crippen LogP contribution in [0.1, 0.15) is 17.8 Å². The molecule has 0 aliphatic heterocycles. The maximum absolute atomic E-state index is 6.00. The molecule has 0 aliphatic rings. The van der Waals surface area contributed by atoms with Crippen LogP contribution in [0.3, 0.4) is 0 Å². The van der Waals surface area contributed by atoms with E-state index in [1.54, 1.807) is 23.7 Å². The van der Waals surface area contributed by atoms with Gasteiger partial charge in [-0.1, -0.05) is 6.92 Å². The van der Waals surface area contributed by atoms with Crippen LogP contribution < -0.4 is 11.1 Å². The average Bonchev–Trinajstić information content (AvgIpc) is 3.15. The summed E-state index contributed by atoms with van der Waals surface area (Å²) >= 11 is 3.06. The van der Waals surface area contributed by atoms with Crippen molar-refractivity contribution in [2.75, 3.05) is 17.6 Å². The monoisotopic (exact) mass is 317 g/mol. The predicted octanol–water partition coefficient (Wildman–Crippen LogP) is 3.46. The van der Waals surface area contributed by atoms with Crippen LogP contribution in [0.2, 0.25) is 0 Å². The highest BCUT2D eigenvalue weighted by Crippen LogP contribution is 2.36. The SMILES string of the molecule is CC(CNc1snc(N)c1-c1ccncc1)c1nccs1. The lowest BCUT2D eigenvalue weighted by Crippen LogP contribution is -2.09. The molecule has 0 radical (unpaired) electrons. The average molecular weight is 317 g/mol. The number of nitrogen functional groups attached to an aromatic ring is 1. The summed E-state index contributed by atoms with van der Waals surface area (Å²) in [6.07, 6.45) is 5.35. The number of nitrogens with one attached hydrogen (secondary N) is 1. The number of anilines is 2. The molecular formula is C14H15N5S2. The van der Waals surface area contributed by atoms with Crippen LogP contribution >= 0.6 is 22.9 Å². The second-order valence-electron chi connectivity index (χ2n) is 4.66. The van der Waals surface area contributed by atoms with Crippen molar-refractivity contribution in [1.29, 1.82) is 0 Å². The van der Waals surface area contributed by atoms with Crippen LogP contribution in [-0.4, -0.2) is 20.9 Å². The van der Waals surface area contributed by atoms with E-state index in [0.29, 0.717) is 11.7 Å². The molecule has 108 valence electrons. The van der Waals surface area contributed by atoms with Gasteiger partial charge in [-0.15, -0.1) is 11.3 Å². The van der Waals surface area contributed by atoms with Crippen molar-refractivity contribution in [3.8, 4) is 11.1 Å². The van der Waals surface area contributed by atoms with Crippen LogP contribution in [0, 0.1) is 0 Å². The Morgan fingerprint density at radius 2 is 2.10 bits per heavy atom. The topological polar surface area (TPSA) is 76.7 Å². The van der Waals surface area contributed by atoms with Crippen LogP contribution in [0.5, 0.6) is 0 Å². The molecule has 1 unspecified atom stereocenters. The largest absolute Gasteiger partial charge is 0.382 e. The van der Waals surface area contributed by atoms with Crippen molar-refractivity contribution in [2.45, 2.75) is 12.8 Å². The van der Waals surface area contributed by atoms with E-state index in [9.17, 15) is 0 Å². The third-order valence-electron chi connectivity index (χ3n) is 3.13. The van der Waals surface area contributed by atoms with Crippen molar-refractivity contribution in [3.63, 3.8) is 0 Å². The summed E-state index contributed by atoms with van der Waals surface area (Å²) in [6.45, 7) is 2.95. The maximum Gasteiger partial charge on any atom is 0.147 e. The van der Waals surface area contributed by atoms with E-state index in [4.69, 9.17) is 5.73 Å². The molecule has 0 aliphatic carbocycles. The van der Waals surface area contributed by atoms with Gasteiger partial charge >= 0.3 is 0 Å².